The Bertz CT molecular complexity index is 358. The molecule has 1 heterocycles. The number of ether oxygens (including phenoxy) is 2. The largest absolute Gasteiger partial charge is 0.381 e. The summed E-state index contributed by atoms with van der Waals surface area (Å²) in [5, 5.41) is 5.19. The Hall–Kier alpha value is -0.170. The number of hydrogen-bond donors (Lipinski definition) is 1. The van der Waals surface area contributed by atoms with Gasteiger partial charge in [0.2, 0.25) is 10.0 Å². The summed E-state index contributed by atoms with van der Waals surface area (Å²) in [6.07, 6.45) is 5.17. The van der Waals surface area contributed by atoms with Crippen LogP contribution in [-0.4, -0.2) is 40.6 Å². The van der Waals surface area contributed by atoms with Crippen LogP contribution in [0.4, 0.5) is 0 Å². The van der Waals surface area contributed by atoms with Gasteiger partial charge in [0.15, 0.2) is 0 Å². The van der Waals surface area contributed by atoms with Gasteiger partial charge in [-0.1, -0.05) is 12.8 Å². The van der Waals surface area contributed by atoms with Crippen molar-refractivity contribution in [2.45, 2.75) is 32.1 Å². The molecule has 6 heteroatoms. The standard InChI is InChI=1S/C12H23NO4S/c13-18(14,15)10-12(4-7-16-8-5-12)9-17-6-3-11-1-2-11/h11H,1-10H2,(H2,13,14,15). The summed E-state index contributed by atoms with van der Waals surface area (Å²) >= 11 is 0. The van der Waals surface area contributed by atoms with E-state index >= 15 is 0 Å². The van der Waals surface area contributed by atoms with Crippen LogP contribution in [0.2, 0.25) is 0 Å². The smallest absolute Gasteiger partial charge is 0.209 e. The highest BCUT2D eigenvalue weighted by molar-refractivity contribution is 7.89. The summed E-state index contributed by atoms with van der Waals surface area (Å²) < 4.78 is 33.7. The Kier molecular flexibility index (Phi) is 4.64. The summed E-state index contributed by atoms with van der Waals surface area (Å²) in [7, 11) is -3.46. The van der Waals surface area contributed by atoms with Crippen molar-refractivity contribution in [2.75, 3.05) is 32.2 Å². The molecule has 0 amide bonds. The van der Waals surface area contributed by atoms with Crippen molar-refractivity contribution < 1.29 is 17.9 Å². The number of primary sulfonamides is 1. The molecular formula is C12H23NO4S. The molecule has 5 nitrogen and oxygen atoms in total. The molecule has 0 aromatic carbocycles. The lowest BCUT2D eigenvalue weighted by molar-refractivity contribution is -0.0289. The summed E-state index contributed by atoms with van der Waals surface area (Å²) in [4.78, 5) is 0. The van der Waals surface area contributed by atoms with Crippen molar-refractivity contribution in [3.8, 4) is 0 Å². The summed E-state index contributed by atoms with van der Waals surface area (Å²) in [5.41, 5.74) is -0.338. The molecule has 2 fully saturated rings. The van der Waals surface area contributed by atoms with Crippen molar-refractivity contribution >= 4 is 10.0 Å². The molecular weight excluding hydrogens is 254 g/mol. The van der Waals surface area contributed by atoms with Crippen molar-refractivity contribution in [2.24, 2.45) is 16.5 Å². The van der Waals surface area contributed by atoms with Crippen LogP contribution < -0.4 is 5.14 Å². The van der Waals surface area contributed by atoms with Crippen LogP contribution in [0.5, 0.6) is 0 Å². The fourth-order valence-corrected chi connectivity index (χ4v) is 3.73. The Balaban J connectivity index is 1.82. The highest BCUT2D eigenvalue weighted by Crippen LogP contribution is 2.34. The maximum Gasteiger partial charge on any atom is 0.209 e. The first-order valence-electron chi connectivity index (χ1n) is 6.65. The number of sulfonamides is 1. The topological polar surface area (TPSA) is 78.6 Å². The van der Waals surface area contributed by atoms with E-state index in [2.05, 4.69) is 0 Å². The van der Waals surface area contributed by atoms with Crippen LogP contribution in [-0.2, 0) is 19.5 Å². The molecule has 0 radical (unpaired) electrons. The molecule has 0 unspecified atom stereocenters. The van der Waals surface area contributed by atoms with Gasteiger partial charge in [-0.3, -0.25) is 0 Å². The second-order valence-corrected chi connectivity index (χ2v) is 7.32. The van der Waals surface area contributed by atoms with E-state index in [4.69, 9.17) is 14.6 Å². The third-order valence-electron chi connectivity index (χ3n) is 3.84. The van der Waals surface area contributed by atoms with Gasteiger partial charge in [0.05, 0.1) is 12.4 Å². The molecule has 2 aliphatic rings. The van der Waals surface area contributed by atoms with E-state index in [1.54, 1.807) is 0 Å². The van der Waals surface area contributed by atoms with E-state index in [0.717, 1.165) is 18.9 Å². The van der Waals surface area contributed by atoms with Crippen LogP contribution in [0.15, 0.2) is 0 Å². The Morgan fingerprint density at radius 2 is 1.94 bits per heavy atom. The maximum absolute atomic E-state index is 11.3. The van der Waals surface area contributed by atoms with Gasteiger partial charge in [0.25, 0.3) is 0 Å². The summed E-state index contributed by atoms with van der Waals surface area (Å²) in [6, 6.07) is 0. The van der Waals surface area contributed by atoms with Gasteiger partial charge in [0.1, 0.15) is 0 Å². The highest BCUT2D eigenvalue weighted by atomic mass is 32.2. The maximum atomic E-state index is 11.3. The van der Waals surface area contributed by atoms with E-state index in [9.17, 15) is 8.42 Å². The molecule has 1 aliphatic carbocycles. The Morgan fingerprint density at radius 3 is 2.50 bits per heavy atom. The van der Waals surface area contributed by atoms with Gasteiger partial charge in [-0.05, 0) is 25.2 Å². The summed E-state index contributed by atoms with van der Waals surface area (Å²) in [6.45, 7) is 2.42. The van der Waals surface area contributed by atoms with Crippen molar-refractivity contribution in [1.82, 2.24) is 0 Å². The predicted octanol–water partition coefficient (Wildman–Crippen LogP) is 0.888. The lowest BCUT2D eigenvalue weighted by Gasteiger charge is -2.36. The molecule has 1 saturated heterocycles. The lowest BCUT2D eigenvalue weighted by atomic mass is 9.83. The van der Waals surface area contributed by atoms with Gasteiger partial charge in [-0.15, -0.1) is 0 Å². The molecule has 106 valence electrons. The number of hydrogen-bond acceptors (Lipinski definition) is 4. The van der Waals surface area contributed by atoms with Crippen LogP contribution in [0.25, 0.3) is 0 Å². The molecule has 0 bridgehead atoms. The molecule has 0 atom stereocenters. The molecule has 1 aliphatic heterocycles. The average molecular weight is 277 g/mol. The fraction of sp³-hybridized carbons (Fsp3) is 1.00. The zero-order valence-corrected chi connectivity index (χ0v) is 11.6. The van der Waals surface area contributed by atoms with E-state index < -0.39 is 10.0 Å². The minimum Gasteiger partial charge on any atom is -0.381 e. The third-order valence-corrected chi connectivity index (χ3v) is 4.85. The van der Waals surface area contributed by atoms with Crippen LogP contribution in [0.1, 0.15) is 32.1 Å². The van der Waals surface area contributed by atoms with E-state index in [-0.39, 0.29) is 11.2 Å². The first-order chi connectivity index (χ1) is 8.49. The average Bonchev–Trinajstić information content (AvgIpc) is 3.07. The molecule has 2 N–H and O–H groups in total. The predicted molar refractivity (Wildman–Crippen MR) is 68.6 cm³/mol. The highest BCUT2D eigenvalue weighted by Gasteiger charge is 2.36. The van der Waals surface area contributed by atoms with E-state index in [1.165, 1.54) is 12.8 Å². The van der Waals surface area contributed by atoms with E-state index in [0.29, 0.717) is 32.7 Å². The second-order valence-electron chi connectivity index (χ2n) is 5.70. The molecule has 0 aromatic rings. The fourth-order valence-electron chi connectivity index (χ4n) is 2.51. The van der Waals surface area contributed by atoms with Crippen LogP contribution in [0.3, 0.4) is 0 Å². The quantitative estimate of drug-likeness (QED) is 0.701. The number of rotatable bonds is 7. The molecule has 18 heavy (non-hydrogen) atoms. The van der Waals surface area contributed by atoms with Gasteiger partial charge >= 0.3 is 0 Å². The second kappa shape index (κ2) is 5.86. The van der Waals surface area contributed by atoms with Crippen molar-refractivity contribution in [3.05, 3.63) is 0 Å². The third kappa shape index (κ3) is 4.84. The molecule has 0 spiro atoms. The van der Waals surface area contributed by atoms with Crippen molar-refractivity contribution in [1.29, 1.82) is 0 Å². The van der Waals surface area contributed by atoms with Gasteiger partial charge in [-0.2, -0.15) is 0 Å². The first kappa shape index (κ1) is 14.2. The molecule has 1 saturated carbocycles. The molecule has 2 rings (SSSR count). The van der Waals surface area contributed by atoms with Crippen molar-refractivity contribution in [3.63, 3.8) is 0 Å². The van der Waals surface area contributed by atoms with Gasteiger partial charge < -0.3 is 9.47 Å². The summed E-state index contributed by atoms with van der Waals surface area (Å²) in [5.74, 6) is 0.848. The minimum absolute atomic E-state index is 0.00673. The first-order valence-corrected chi connectivity index (χ1v) is 8.37. The lowest BCUT2D eigenvalue weighted by Crippen LogP contribution is -2.42. The van der Waals surface area contributed by atoms with Gasteiger partial charge in [0, 0.05) is 25.2 Å². The van der Waals surface area contributed by atoms with E-state index in [1.807, 2.05) is 0 Å². The van der Waals surface area contributed by atoms with Gasteiger partial charge in [-0.25, -0.2) is 13.6 Å². The SMILES string of the molecule is NS(=O)(=O)CC1(COCCC2CC2)CCOCC1. The normalized spacial score (nSPS) is 24.1. The molecule has 0 aromatic heterocycles. The Labute approximate surface area is 109 Å². The minimum atomic E-state index is -3.46. The zero-order valence-electron chi connectivity index (χ0n) is 10.8. The monoisotopic (exact) mass is 277 g/mol. The van der Waals surface area contributed by atoms with Crippen LogP contribution in [0, 0.1) is 11.3 Å². The Morgan fingerprint density at radius 1 is 1.28 bits per heavy atom. The number of nitrogens with two attached hydrogens (primary N) is 1. The van der Waals surface area contributed by atoms with Crippen LogP contribution >= 0.6 is 0 Å². The zero-order chi connectivity index (χ0) is 13.1.